The third kappa shape index (κ3) is 3.56. The van der Waals surface area contributed by atoms with Crippen LogP contribution in [0.25, 0.3) is 5.76 Å². The summed E-state index contributed by atoms with van der Waals surface area (Å²) in [5.74, 6) is -2.16. The van der Waals surface area contributed by atoms with Gasteiger partial charge < -0.3 is 14.6 Å². The number of pyridine rings is 1. The van der Waals surface area contributed by atoms with Crippen LogP contribution in [0.5, 0.6) is 11.5 Å². The summed E-state index contributed by atoms with van der Waals surface area (Å²) in [5.41, 5.74) is 0.480. The van der Waals surface area contributed by atoms with Crippen LogP contribution in [0.1, 0.15) is 17.3 Å². The van der Waals surface area contributed by atoms with E-state index in [0.717, 1.165) is 11.0 Å². The molecule has 1 aliphatic rings. The summed E-state index contributed by atoms with van der Waals surface area (Å²) in [4.78, 5) is 31.6. The highest BCUT2D eigenvalue weighted by molar-refractivity contribution is 6.51. The summed E-state index contributed by atoms with van der Waals surface area (Å²) in [7, 11) is 2.88. The fraction of sp³-hybridized carbons (Fsp3) is 0.125. The Morgan fingerprint density at radius 3 is 2.50 bits per heavy atom. The molecule has 0 spiro atoms. The Kier molecular flexibility index (Phi) is 5.59. The van der Waals surface area contributed by atoms with Crippen LogP contribution < -0.4 is 14.4 Å². The molecule has 0 radical (unpaired) electrons. The van der Waals surface area contributed by atoms with Crippen molar-refractivity contribution in [2.45, 2.75) is 6.04 Å². The standard InChI is InChI=1S/C24H19FN2O5/c1-31-16-9-10-19(32-2)17(13-16)22(28)20-21(18-8-3-4-11-26-18)27(24(30)23(20)29)15-7-5-6-14(25)12-15/h3-13,21,28H,1-2H3/b22-20+. The normalized spacial score (nSPS) is 17.5. The molecule has 0 saturated carbocycles. The third-order valence-electron chi connectivity index (χ3n) is 5.16. The van der Waals surface area contributed by atoms with Crippen LogP contribution in [0, 0.1) is 5.82 Å². The number of anilines is 1. The number of ketones is 1. The van der Waals surface area contributed by atoms with E-state index in [4.69, 9.17) is 9.47 Å². The van der Waals surface area contributed by atoms with Crippen molar-refractivity contribution in [3.63, 3.8) is 0 Å². The molecule has 1 atom stereocenters. The molecule has 1 aliphatic heterocycles. The van der Waals surface area contributed by atoms with Crippen LogP contribution in [0.2, 0.25) is 0 Å². The molecule has 7 nitrogen and oxygen atoms in total. The maximum absolute atomic E-state index is 13.9. The third-order valence-corrected chi connectivity index (χ3v) is 5.16. The number of amides is 1. The summed E-state index contributed by atoms with van der Waals surface area (Å²) in [5, 5.41) is 11.2. The summed E-state index contributed by atoms with van der Waals surface area (Å²) in [6, 6.07) is 14.0. The van der Waals surface area contributed by atoms with Crippen molar-refractivity contribution in [3.8, 4) is 11.5 Å². The number of hydrogen-bond donors (Lipinski definition) is 1. The van der Waals surface area contributed by atoms with Gasteiger partial charge in [-0.3, -0.25) is 19.5 Å². The fourth-order valence-corrected chi connectivity index (χ4v) is 3.69. The summed E-state index contributed by atoms with van der Waals surface area (Å²) < 4.78 is 24.5. The number of aliphatic hydroxyl groups is 1. The van der Waals surface area contributed by atoms with Crippen molar-refractivity contribution < 1.29 is 28.6 Å². The first kappa shape index (κ1) is 21.0. The summed E-state index contributed by atoms with van der Waals surface area (Å²) in [6.45, 7) is 0. The number of benzene rings is 2. The Bertz CT molecular complexity index is 1230. The number of halogens is 1. The molecular weight excluding hydrogens is 415 g/mol. The van der Waals surface area contributed by atoms with Crippen LogP contribution in [0.4, 0.5) is 10.1 Å². The summed E-state index contributed by atoms with van der Waals surface area (Å²) in [6.07, 6.45) is 1.51. The highest BCUT2D eigenvalue weighted by Gasteiger charge is 2.48. The molecule has 1 saturated heterocycles. The van der Waals surface area contributed by atoms with Gasteiger partial charge >= 0.3 is 0 Å². The second-order valence-corrected chi connectivity index (χ2v) is 6.97. The van der Waals surface area contributed by atoms with E-state index in [9.17, 15) is 19.1 Å². The number of methoxy groups -OCH3 is 2. The summed E-state index contributed by atoms with van der Waals surface area (Å²) >= 11 is 0. The number of aliphatic hydroxyl groups excluding tert-OH is 1. The van der Waals surface area contributed by atoms with Crippen molar-refractivity contribution >= 4 is 23.1 Å². The minimum absolute atomic E-state index is 0.166. The molecule has 4 rings (SSSR count). The molecular formula is C24H19FN2O5. The number of carbonyl (C=O) groups is 2. The van der Waals surface area contributed by atoms with Crippen molar-refractivity contribution in [2.24, 2.45) is 0 Å². The van der Waals surface area contributed by atoms with Gasteiger partial charge in [-0.25, -0.2) is 4.39 Å². The maximum Gasteiger partial charge on any atom is 0.300 e. The lowest BCUT2D eigenvalue weighted by Crippen LogP contribution is -2.29. The lowest BCUT2D eigenvalue weighted by Gasteiger charge is -2.24. The van der Waals surface area contributed by atoms with Gasteiger partial charge in [0.1, 0.15) is 29.1 Å². The van der Waals surface area contributed by atoms with Crippen LogP contribution in [0.15, 0.2) is 72.4 Å². The van der Waals surface area contributed by atoms with E-state index in [1.54, 1.807) is 30.3 Å². The van der Waals surface area contributed by atoms with E-state index in [1.165, 1.54) is 44.7 Å². The molecule has 0 bridgehead atoms. The van der Waals surface area contributed by atoms with E-state index in [0.29, 0.717) is 11.4 Å². The van der Waals surface area contributed by atoms with Gasteiger partial charge in [-0.05, 0) is 48.5 Å². The van der Waals surface area contributed by atoms with Gasteiger partial charge in [-0.15, -0.1) is 0 Å². The Hall–Kier alpha value is -4.20. The van der Waals surface area contributed by atoms with Crippen molar-refractivity contribution in [1.82, 2.24) is 4.98 Å². The Balaban J connectivity index is 1.98. The number of nitrogens with zero attached hydrogens (tertiary/aromatic N) is 2. The number of rotatable bonds is 5. The van der Waals surface area contributed by atoms with Gasteiger partial charge in [0.15, 0.2) is 0 Å². The molecule has 32 heavy (non-hydrogen) atoms. The zero-order chi connectivity index (χ0) is 22.8. The molecule has 1 N–H and O–H groups in total. The van der Waals surface area contributed by atoms with Crippen molar-refractivity contribution in [1.29, 1.82) is 0 Å². The predicted molar refractivity (Wildman–Crippen MR) is 115 cm³/mol. The number of carbonyl (C=O) groups excluding carboxylic acids is 2. The van der Waals surface area contributed by atoms with Gasteiger partial charge in [-0.2, -0.15) is 0 Å². The topological polar surface area (TPSA) is 89.0 Å². The Morgan fingerprint density at radius 1 is 1.03 bits per heavy atom. The van der Waals surface area contributed by atoms with Crippen LogP contribution in [0.3, 0.4) is 0 Å². The monoisotopic (exact) mass is 434 g/mol. The molecule has 2 heterocycles. The maximum atomic E-state index is 13.9. The first-order chi connectivity index (χ1) is 15.5. The molecule has 8 heteroatoms. The first-order valence-electron chi connectivity index (χ1n) is 9.66. The quantitative estimate of drug-likeness (QED) is 0.373. The lowest BCUT2D eigenvalue weighted by molar-refractivity contribution is -0.132. The average Bonchev–Trinajstić information content (AvgIpc) is 3.09. The molecule has 1 amide bonds. The van der Waals surface area contributed by atoms with Crippen molar-refractivity contribution in [3.05, 3.63) is 89.5 Å². The number of hydrogen-bond acceptors (Lipinski definition) is 6. The van der Waals surface area contributed by atoms with Crippen molar-refractivity contribution in [2.75, 3.05) is 19.1 Å². The van der Waals surface area contributed by atoms with Crippen LogP contribution in [-0.4, -0.2) is 36.0 Å². The molecule has 1 unspecified atom stereocenters. The van der Waals surface area contributed by atoms with E-state index in [2.05, 4.69) is 4.98 Å². The molecule has 1 fully saturated rings. The zero-order valence-electron chi connectivity index (χ0n) is 17.3. The van der Waals surface area contributed by atoms with Gasteiger partial charge in [0.2, 0.25) is 0 Å². The van der Waals surface area contributed by atoms with E-state index in [-0.39, 0.29) is 22.6 Å². The highest BCUT2D eigenvalue weighted by atomic mass is 19.1. The molecule has 0 aliphatic carbocycles. The second kappa shape index (κ2) is 8.50. The van der Waals surface area contributed by atoms with E-state index in [1.807, 2.05) is 0 Å². The largest absolute Gasteiger partial charge is 0.507 e. The molecule has 1 aromatic heterocycles. The van der Waals surface area contributed by atoms with Gasteiger partial charge in [0.05, 0.1) is 31.1 Å². The molecule has 2 aromatic carbocycles. The van der Waals surface area contributed by atoms with Gasteiger partial charge in [0.25, 0.3) is 11.7 Å². The Morgan fingerprint density at radius 2 is 1.84 bits per heavy atom. The second-order valence-electron chi connectivity index (χ2n) is 6.97. The average molecular weight is 434 g/mol. The fourth-order valence-electron chi connectivity index (χ4n) is 3.69. The minimum atomic E-state index is -1.08. The van der Waals surface area contributed by atoms with Gasteiger partial charge in [0, 0.05) is 11.9 Å². The van der Waals surface area contributed by atoms with Crippen LogP contribution in [-0.2, 0) is 9.59 Å². The van der Waals surface area contributed by atoms with Crippen LogP contribution >= 0.6 is 0 Å². The van der Waals surface area contributed by atoms with Gasteiger partial charge in [-0.1, -0.05) is 12.1 Å². The Labute approximate surface area is 183 Å². The number of Topliss-reactive ketones (excluding diaryl/α,β-unsaturated/α-hetero) is 1. The minimum Gasteiger partial charge on any atom is -0.507 e. The molecule has 162 valence electrons. The van der Waals surface area contributed by atoms with E-state index < -0.39 is 29.3 Å². The SMILES string of the molecule is COc1ccc(OC)c(/C(O)=C2\C(=O)C(=O)N(c3cccc(F)c3)C2c2ccccn2)c1. The highest BCUT2D eigenvalue weighted by Crippen LogP contribution is 2.43. The lowest BCUT2D eigenvalue weighted by atomic mass is 9.97. The number of aromatic nitrogens is 1. The first-order valence-corrected chi connectivity index (χ1v) is 9.66. The predicted octanol–water partition coefficient (Wildman–Crippen LogP) is 3.86. The number of ether oxygens (including phenoxy) is 2. The smallest absolute Gasteiger partial charge is 0.300 e. The molecule has 3 aromatic rings. The van der Waals surface area contributed by atoms with E-state index >= 15 is 0 Å². The zero-order valence-corrected chi connectivity index (χ0v) is 17.3.